The molecule has 15 heteroatoms. The van der Waals surface area contributed by atoms with Gasteiger partial charge in [-0.15, -0.1) is 11.3 Å². The highest BCUT2D eigenvalue weighted by atomic mass is 35.5. The number of piperidine rings is 1. The predicted octanol–water partition coefficient (Wildman–Crippen LogP) is 5.59. The number of likely N-dealkylation sites (tertiary alicyclic amines) is 1. The van der Waals surface area contributed by atoms with Crippen LogP contribution in [0.25, 0.3) is 10.6 Å². The Morgan fingerprint density at radius 1 is 1.10 bits per heavy atom. The van der Waals surface area contributed by atoms with Crippen molar-refractivity contribution in [3.63, 3.8) is 0 Å². The molecule has 3 aliphatic rings. The number of alkyl halides is 3. The summed E-state index contributed by atoms with van der Waals surface area (Å²) in [6.45, 7) is 1.99. The topological polar surface area (TPSA) is 105 Å². The second-order valence-corrected chi connectivity index (χ2v) is 13.8. The van der Waals surface area contributed by atoms with Gasteiger partial charge in [0, 0.05) is 43.8 Å². The van der Waals surface area contributed by atoms with Crippen LogP contribution in [0.3, 0.4) is 0 Å². The maximum Gasteiger partial charge on any atom is 0.420 e. The highest BCUT2D eigenvalue weighted by molar-refractivity contribution is 7.91. The Kier molecular flexibility index (Phi) is 6.79. The van der Waals surface area contributed by atoms with E-state index in [0.717, 1.165) is 56.4 Å². The van der Waals surface area contributed by atoms with Crippen LogP contribution in [0, 0.1) is 0 Å². The van der Waals surface area contributed by atoms with Gasteiger partial charge in [0.15, 0.2) is 15.7 Å². The number of hydrogen-bond donors (Lipinski definition) is 2. The average Bonchev–Trinajstić information content (AvgIpc) is 3.79. The van der Waals surface area contributed by atoms with Crippen LogP contribution in [0.15, 0.2) is 23.4 Å². The summed E-state index contributed by atoms with van der Waals surface area (Å²) >= 11 is 7.36. The van der Waals surface area contributed by atoms with Crippen molar-refractivity contribution < 1.29 is 21.6 Å². The molecule has 0 amide bonds. The third-order valence-corrected chi connectivity index (χ3v) is 9.79. The summed E-state index contributed by atoms with van der Waals surface area (Å²) in [7, 11) is -3.69. The standard InChI is InChI=1S/C24H27ClF3N7O2S2/c1-39(36,37)19-10-18(38-22(19)30-13-2-3-13)20-16(24(26,27)28)11-29-23(31-20)32-21-17(25)12-35(33-21)15-6-8-34(9-7-15)14-4-5-14/h10-15,30H,2-9H2,1H3,(H,29,31,32,33). The molecule has 2 N–H and O–H groups in total. The maximum atomic E-state index is 13.9. The van der Waals surface area contributed by atoms with E-state index in [1.165, 1.54) is 18.9 Å². The SMILES string of the molecule is CS(=O)(=O)c1cc(-c2nc(Nc3nn(C4CCN(C5CC5)CC4)cc3Cl)ncc2C(F)(F)F)sc1NC1CC1. The molecule has 0 atom stereocenters. The van der Waals surface area contributed by atoms with Crippen molar-refractivity contribution in [2.75, 3.05) is 30.0 Å². The second kappa shape index (κ2) is 9.89. The molecule has 0 radical (unpaired) electrons. The van der Waals surface area contributed by atoms with Crippen molar-refractivity contribution >= 4 is 49.5 Å². The smallest absolute Gasteiger partial charge is 0.373 e. The number of sulfone groups is 1. The Morgan fingerprint density at radius 3 is 2.44 bits per heavy atom. The lowest BCUT2D eigenvalue weighted by Gasteiger charge is -2.31. The zero-order chi connectivity index (χ0) is 27.5. The first-order chi connectivity index (χ1) is 18.5. The largest absolute Gasteiger partial charge is 0.420 e. The molecule has 3 fully saturated rings. The Balaban J connectivity index is 1.29. The van der Waals surface area contributed by atoms with E-state index in [9.17, 15) is 21.6 Å². The number of halogens is 4. The molecule has 9 nitrogen and oxygen atoms in total. The van der Waals surface area contributed by atoms with Gasteiger partial charge in [0.1, 0.15) is 20.5 Å². The average molecular weight is 602 g/mol. The molecule has 0 aromatic carbocycles. The molecule has 1 aliphatic heterocycles. The number of nitrogens with one attached hydrogen (secondary N) is 2. The Hall–Kier alpha value is -2.42. The summed E-state index contributed by atoms with van der Waals surface area (Å²) in [5.41, 5.74) is -1.48. The van der Waals surface area contributed by atoms with Gasteiger partial charge in [-0.1, -0.05) is 11.6 Å². The summed E-state index contributed by atoms with van der Waals surface area (Å²) in [4.78, 5) is 10.6. The van der Waals surface area contributed by atoms with Crippen LogP contribution in [0.1, 0.15) is 50.1 Å². The fourth-order valence-corrected chi connectivity index (χ4v) is 7.42. The van der Waals surface area contributed by atoms with E-state index in [4.69, 9.17) is 11.6 Å². The molecule has 2 aliphatic carbocycles. The highest BCUT2D eigenvalue weighted by Gasteiger charge is 2.37. The first-order valence-corrected chi connectivity index (χ1v) is 15.8. The van der Waals surface area contributed by atoms with Crippen molar-refractivity contribution in [1.29, 1.82) is 0 Å². The quantitative estimate of drug-likeness (QED) is 0.344. The fraction of sp³-hybridized carbons (Fsp3) is 0.542. The fourth-order valence-electron chi connectivity index (χ4n) is 4.82. The highest BCUT2D eigenvalue weighted by Crippen LogP contribution is 2.44. The van der Waals surface area contributed by atoms with Gasteiger partial charge in [-0.25, -0.2) is 18.4 Å². The van der Waals surface area contributed by atoms with E-state index < -0.39 is 27.3 Å². The van der Waals surface area contributed by atoms with E-state index in [1.54, 1.807) is 10.9 Å². The zero-order valence-corrected chi connectivity index (χ0v) is 23.4. The van der Waals surface area contributed by atoms with E-state index in [0.29, 0.717) is 22.3 Å². The minimum Gasteiger partial charge on any atom is -0.373 e. The van der Waals surface area contributed by atoms with Crippen molar-refractivity contribution in [2.24, 2.45) is 0 Å². The van der Waals surface area contributed by atoms with Gasteiger partial charge in [-0.05, 0) is 44.6 Å². The summed E-state index contributed by atoms with van der Waals surface area (Å²) < 4.78 is 68.4. The van der Waals surface area contributed by atoms with E-state index in [-0.39, 0.29) is 33.6 Å². The third-order valence-electron chi connectivity index (χ3n) is 7.19. The Labute approximate surface area is 232 Å². The Bertz CT molecular complexity index is 1490. The van der Waals surface area contributed by atoms with Gasteiger partial charge < -0.3 is 15.5 Å². The van der Waals surface area contributed by atoms with Gasteiger partial charge in [0.25, 0.3) is 0 Å². The van der Waals surface area contributed by atoms with Crippen LogP contribution in [0.2, 0.25) is 5.02 Å². The van der Waals surface area contributed by atoms with Gasteiger partial charge in [0.2, 0.25) is 5.95 Å². The molecule has 0 unspecified atom stereocenters. The predicted molar refractivity (Wildman–Crippen MR) is 143 cm³/mol. The lowest BCUT2D eigenvalue weighted by atomic mass is 10.1. The van der Waals surface area contributed by atoms with Crippen LogP contribution in [0.5, 0.6) is 0 Å². The van der Waals surface area contributed by atoms with E-state index >= 15 is 0 Å². The second-order valence-electron chi connectivity index (χ2n) is 10.4. The number of nitrogens with zero attached hydrogens (tertiary/aromatic N) is 5. The Morgan fingerprint density at radius 2 is 1.82 bits per heavy atom. The molecule has 6 rings (SSSR count). The molecular formula is C24H27ClF3N7O2S2. The first kappa shape index (κ1) is 26.8. The third kappa shape index (κ3) is 5.88. The lowest BCUT2D eigenvalue weighted by molar-refractivity contribution is -0.137. The van der Waals surface area contributed by atoms with Crippen LogP contribution in [-0.4, -0.2) is 64.5 Å². The summed E-state index contributed by atoms with van der Waals surface area (Å²) in [6, 6.07) is 2.24. The zero-order valence-electron chi connectivity index (χ0n) is 21.0. The van der Waals surface area contributed by atoms with E-state index in [1.807, 2.05) is 0 Å². The lowest BCUT2D eigenvalue weighted by Crippen LogP contribution is -2.36. The van der Waals surface area contributed by atoms with E-state index in [2.05, 4.69) is 30.6 Å². The molecule has 210 valence electrons. The summed E-state index contributed by atoms with van der Waals surface area (Å²) in [5, 5.41) is 11.1. The minimum absolute atomic E-state index is 0.0508. The molecule has 0 spiro atoms. The van der Waals surface area contributed by atoms with Crippen molar-refractivity contribution in [3.8, 4) is 10.6 Å². The number of aromatic nitrogens is 4. The molecule has 1 saturated heterocycles. The number of hydrogen-bond acceptors (Lipinski definition) is 9. The summed E-state index contributed by atoms with van der Waals surface area (Å²) in [6.07, 6.45) is 4.83. The van der Waals surface area contributed by atoms with Crippen LogP contribution >= 0.6 is 22.9 Å². The minimum atomic E-state index is -4.75. The number of anilines is 3. The molecular weight excluding hydrogens is 575 g/mol. The van der Waals surface area contributed by atoms with Gasteiger partial charge in [-0.3, -0.25) is 4.68 Å². The maximum absolute atomic E-state index is 13.9. The van der Waals surface area contributed by atoms with Crippen LogP contribution in [0.4, 0.5) is 29.9 Å². The molecule has 4 heterocycles. The van der Waals surface area contributed by atoms with Gasteiger partial charge in [0.05, 0.1) is 16.6 Å². The van der Waals surface area contributed by atoms with Gasteiger partial charge >= 0.3 is 6.18 Å². The molecule has 2 saturated carbocycles. The van der Waals surface area contributed by atoms with Crippen molar-refractivity contribution in [1.82, 2.24) is 24.6 Å². The molecule has 0 bridgehead atoms. The summed E-state index contributed by atoms with van der Waals surface area (Å²) in [5.74, 6) is 0.116. The van der Waals surface area contributed by atoms with Crippen LogP contribution in [-0.2, 0) is 16.0 Å². The number of rotatable bonds is 8. The monoisotopic (exact) mass is 601 g/mol. The van der Waals surface area contributed by atoms with Crippen molar-refractivity contribution in [2.45, 2.75) is 67.7 Å². The molecule has 3 aromatic heterocycles. The molecule has 3 aromatic rings. The number of thiophene rings is 1. The van der Waals surface area contributed by atoms with Crippen molar-refractivity contribution in [3.05, 3.63) is 29.0 Å². The first-order valence-electron chi connectivity index (χ1n) is 12.8. The van der Waals surface area contributed by atoms with Crippen LogP contribution < -0.4 is 10.6 Å². The normalized spacial score (nSPS) is 19.4. The molecule has 39 heavy (non-hydrogen) atoms. The van der Waals surface area contributed by atoms with Gasteiger partial charge in [-0.2, -0.15) is 18.3 Å².